The second-order valence-electron chi connectivity index (χ2n) is 4.60. The number of rotatable bonds is 6. The Hall–Kier alpha value is -1.48. The topological polar surface area (TPSA) is 15.3 Å². The molecule has 0 aliphatic carbocycles. The Labute approximate surface area is 120 Å². The number of thiophene rings is 1. The Kier molecular flexibility index (Phi) is 4.86. The Morgan fingerprint density at radius 2 is 1.95 bits per heavy atom. The fraction of sp³-hybridized carbons (Fsp3) is 0.375. The highest BCUT2D eigenvalue weighted by molar-refractivity contribution is 7.09. The zero-order valence-electron chi connectivity index (χ0n) is 11.9. The van der Waals surface area contributed by atoms with Gasteiger partial charge in [-0.25, -0.2) is 0 Å². The summed E-state index contributed by atoms with van der Waals surface area (Å²) >= 11 is 1.79. The highest BCUT2D eigenvalue weighted by Crippen LogP contribution is 2.23. The summed E-state index contributed by atoms with van der Waals surface area (Å²) in [6.07, 6.45) is 0. The van der Waals surface area contributed by atoms with E-state index < -0.39 is 0 Å². The van der Waals surface area contributed by atoms with Gasteiger partial charge in [-0.2, -0.15) is 0 Å². The molecule has 0 spiro atoms. The molecule has 102 valence electrons. The maximum Gasteiger partial charge on any atom is 0.0494 e. The predicted molar refractivity (Wildman–Crippen MR) is 86.4 cm³/mol. The maximum absolute atomic E-state index is 3.51. The van der Waals surface area contributed by atoms with Crippen LogP contribution in [-0.4, -0.2) is 13.1 Å². The summed E-state index contributed by atoms with van der Waals surface area (Å²) < 4.78 is 0. The van der Waals surface area contributed by atoms with Crippen LogP contribution in [0.3, 0.4) is 0 Å². The monoisotopic (exact) mass is 274 g/mol. The average Bonchev–Trinajstić information content (AvgIpc) is 2.92. The van der Waals surface area contributed by atoms with E-state index in [1.54, 1.807) is 11.3 Å². The number of nitrogens with zero attached hydrogens (tertiary/aromatic N) is 1. The first-order chi connectivity index (χ1) is 9.24. The zero-order chi connectivity index (χ0) is 13.7. The number of benzene rings is 1. The smallest absolute Gasteiger partial charge is 0.0494 e. The molecule has 0 radical (unpaired) electrons. The quantitative estimate of drug-likeness (QED) is 0.833. The van der Waals surface area contributed by atoms with Crippen molar-refractivity contribution in [3.8, 4) is 0 Å². The van der Waals surface area contributed by atoms with E-state index >= 15 is 0 Å². The van der Waals surface area contributed by atoms with Gasteiger partial charge >= 0.3 is 0 Å². The molecule has 1 N–H and O–H groups in total. The molecular weight excluding hydrogens is 252 g/mol. The van der Waals surface area contributed by atoms with Crippen LogP contribution >= 0.6 is 11.3 Å². The second kappa shape index (κ2) is 6.62. The maximum atomic E-state index is 3.51. The highest BCUT2D eigenvalue weighted by atomic mass is 32.1. The molecule has 19 heavy (non-hydrogen) atoms. The third-order valence-corrected chi connectivity index (χ3v) is 4.25. The lowest BCUT2D eigenvalue weighted by Gasteiger charge is -2.22. The van der Waals surface area contributed by atoms with E-state index in [0.29, 0.717) is 0 Å². The van der Waals surface area contributed by atoms with Crippen LogP contribution in [-0.2, 0) is 6.54 Å². The molecule has 0 saturated heterocycles. The Morgan fingerprint density at radius 1 is 1.16 bits per heavy atom. The molecule has 3 heteroatoms. The summed E-state index contributed by atoms with van der Waals surface area (Å²) in [5, 5.41) is 5.63. The molecule has 1 aromatic heterocycles. The number of hydrogen-bond donors (Lipinski definition) is 1. The van der Waals surface area contributed by atoms with E-state index in [9.17, 15) is 0 Å². The van der Waals surface area contributed by atoms with E-state index in [2.05, 4.69) is 66.7 Å². The van der Waals surface area contributed by atoms with Gasteiger partial charge in [-0.15, -0.1) is 11.3 Å². The van der Waals surface area contributed by atoms with Crippen LogP contribution in [0, 0.1) is 6.92 Å². The Bertz CT molecular complexity index is 501. The summed E-state index contributed by atoms with van der Waals surface area (Å²) in [5.41, 5.74) is 3.84. The normalized spacial score (nSPS) is 10.5. The first-order valence-electron chi connectivity index (χ1n) is 6.86. The molecule has 1 aromatic carbocycles. The van der Waals surface area contributed by atoms with Crippen molar-refractivity contribution < 1.29 is 0 Å². The first kappa shape index (κ1) is 13.9. The van der Waals surface area contributed by atoms with Gasteiger partial charge in [0.2, 0.25) is 0 Å². The van der Waals surface area contributed by atoms with Crippen LogP contribution in [0.4, 0.5) is 11.4 Å². The molecule has 0 fully saturated rings. The lowest BCUT2D eigenvalue weighted by molar-refractivity contribution is 0.865. The number of aryl methyl sites for hydroxylation is 1. The minimum Gasteiger partial charge on any atom is -0.380 e. The molecule has 0 bridgehead atoms. The molecule has 2 rings (SSSR count). The summed E-state index contributed by atoms with van der Waals surface area (Å²) in [7, 11) is 0. The Morgan fingerprint density at radius 3 is 2.53 bits per heavy atom. The number of nitrogens with one attached hydrogen (secondary N) is 1. The fourth-order valence-electron chi connectivity index (χ4n) is 2.23. The molecule has 0 unspecified atom stereocenters. The molecule has 2 aromatic rings. The SMILES string of the molecule is CCN(CC)c1ccc(NCc2cccs2)c(C)c1. The van der Waals surface area contributed by atoms with E-state index in [1.807, 2.05) is 0 Å². The van der Waals surface area contributed by atoms with Gasteiger partial charge in [-0.05, 0) is 56.0 Å². The third kappa shape index (κ3) is 3.51. The van der Waals surface area contributed by atoms with Crippen molar-refractivity contribution in [2.24, 2.45) is 0 Å². The van der Waals surface area contributed by atoms with Crippen molar-refractivity contribution >= 4 is 22.7 Å². The lowest BCUT2D eigenvalue weighted by atomic mass is 10.1. The van der Waals surface area contributed by atoms with Crippen LogP contribution in [0.5, 0.6) is 0 Å². The summed E-state index contributed by atoms with van der Waals surface area (Å²) in [6.45, 7) is 9.58. The largest absolute Gasteiger partial charge is 0.380 e. The van der Waals surface area contributed by atoms with Crippen molar-refractivity contribution in [2.75, 3.05) is 23.3 Å². The number of anilines is 2. The Balaban J connectivity index is 2.06. The molecule has 0 aliphatic heterocycles. The van der Waals surface area contributed by atoms with Crippen molar-refractivity contribution in [3.05, 3.63) is 46.2 Å². The van der Waals surface area contributed by atoms with E-state index in [-0.39, 0.29) is 0 Å². The van der Waals surface area contributed by atoms with Gasteiger partial charge in [0.05, 0.1) is 0 Å². The molecular formula is C16H22N2S. The standard InChI is InChI=1S/C16H22N2S/c1-4-18(5-2)14-8-9-16(13(3)11-14)17-12-15-7-6-10-19-15/h6-11,17H,4-5,12H2,1-3H3. The number of hydrogen-bond acceptors (Lipinski definition) is 3. The minimum absolute atomic E-state index is 0.906. The van der Waals surface area contributed by atoms with Crippen LogP contribution in [0.15, 0.2) is 35.7 Å². The fourth-order valence-corrected chi connectivity index (χ4v) is 2.87. The molecule has 0 aliphatic rings. The summed E-state index contributed by atoms with van der Waals surface area (Å²) in [4.78, 5) is 3.74. The minimum atomic E-state index is 0.906. The van der Waals surface area contributed by atoms with Gasteiger partial charge in [0.1, 0.15) is 0 Å². The van der Waals surface area contributed by atoms with E-state index in [0.717, 1.165) is 19.6 Å². The van der Waals surface area contributed by atoms with Crippen LogP contribution in [0.2, 0.25) is 0 Å². The van der Waals surface area contributed by atoms with Gasteiger partial charge < -0.3 is 10.2 Å². The van der Waals surface area contributed by atoms with Crippen molar-refractivity contribution in [1.29, 1.82) is 0 Å². The van der Waals surface area contributed by atoms with Crippen molar-refractivity contribution in [3.63, 3.8) is 0 Å². The van der Waals surface area contributed by atoms with E-state index in [1.165, 1.54) is 21.8 Å². The molecule has 1 heterocycles. The third-order valence-electron chi connectivity index (χ3n) is 3.37. The van der Waals surface area contributed by atoms with E-state index in [4.69, 9.17) is 0 Å². The van der Waals surface area contributed by atoms with Gasteiger partial charge in [0, 0.05) is 35.9 Å². The summed E-state index contributed by atoms with van der Waals surface area (Å²) in [5.74, 6) is 0. The average molecular weight is 274 g/mol. The predicted octanol–water partition coefficient (Wildman–Crippen LogP) is 4.51. The van der Waals surface area contributed by atoms with Crippen LogP contribution in [0.25, 0.3) is 0 Å². The molecule has 0 saturated carbocycles. The van der Waals surface area contributed by atoms with Crippen LogP contribution in [0.1, 0.15) is 24.3 Å². The first-order valence-corrected chi connectivity index (χ1v) is 7.74. The molecule has 2 nitrogen and oxygen atoms in total. The van der Waals surface area contributed by atoms with Gasteiger partial charge in [0.25, 0.3) is 0 Å². The van der Waals surface area contributed by atoms with Crippen molar-refractivity contribution in [1.82, 2.24) is 0 Å². The van der Waals surface area contributed by atoms with Gasteiger partial charge in [-0.3, -0.25) is 0 Å². The highest BCUT2D eigenvalue weighted by Gasteiger charge is 2.05. The van der Waals surface area contributed by atoms with Gasteiger partial charge in [0.15, 0.2) is 0 Å². The molecule has 0 amide bonds. The summed E-state index contributed by atoms with van der Waals surface area (Å²) in [6, 6.07) is 10.9. The van der Waals surface area contributed by atoms with Crippen molar-refractivity contribution in [2.45, 2.75) is 27.3 Å². The second-order valence-corrected chi connectivity index (χ2v) is 5.64. The zero-order valence-corrected chi connectivity index (χ0v) is 12.8. The molecule has 0 atom stereocenters. The lowest BCUT2D eigenvalue weighted by Crippen LogP contribution is -2.21. The van der Waals surface area contributed by atoms with Crippen LogP contribution < -0.4 is 10.2 Å². The van der Waals surface area contributed by atoms with Gasteiger partial charge in [-0.1, -0.05) is 6.07 Å².